The second kappa shape index (κ2) is 12.5. The van der Waals surface area contributed by atoms with Crippen LogP contribution in [-0.4, -0.2) is 28.2 Å². The number of rotatable bonds is 9. The monoisotopic (exact) mass is 705 g/mol. The number of benzene rings is 3. The normalized spacial score (nSPS) is 17.3. The zero-order valence-corrected chi connectivity index (χ0v) is 25.0. The summed E-state index contributed by atoms with van der Waals surface area (Å²) < 4.78 is 66.8. The fourth-order valence-corrected chi connectivity index (χ4v) is 6.01. The first-order valence-electron chi connectivity index (χ1n) is 11.7. The molecule has 3 aromatic rings. The Hall–Kier alpha value is -2.14. The molecule has 222 valence electrons. The molecule has 4 rings (SSSR count). The topological polar surface area (TPSA) is 63.2 Å². The molecule has 3 aromatic carbocycles. The fraction of sp³-hybridized carbons (Fsp3) is 0.222. The van der Waals surface area contributed by atoms with Crippen molar-refractivity contribution < 1.29 is 36.3 Å². The number of Topliss-reactive ketones (excluding diaryl/α,β-unsaturated/α-hetero) is 2. The second-order valence-corrected chi connectivity index (χ2v) is 12.3. The minimum absolute atomic E-state index is 0.0886. The van der Waals surface area contributed by atoms with E-state index < -0.39 is 92.1 Å². The van der Waals surface area contributed by atoms with E-state index in [2.05, 4.69) is 5.32 Å². The summed E-state index contributed by atoms with van der Waals surface area (Å²) in [6.45, 7) is 0. The first-order chi connectivity index (χ1) is 19.5. The van der Waals surface area contributed by atoms with Crippen molar-refractivity contribution in [2.24, 2.45) is 5.92 Å². The van der Waals surface area contributed by atoms with Crippen molar-refractivity contribution in [3.8, 4) is 0 Å². The summed E-state index contributed by atoms with van der Waals surface area (Å²) in [5, 5.41) is 2.03. The van der Waals surface area contributed by atoms with Gasteiger partial charge in [-0.2, -0.15) is 0 Å². The maximum absolute atomic E-state index is 14.7. The molecule has 0 unspecified atom stereocenters. The molecule has 0 aromatic heterocycles. The lowest BCUT2D eigenvalue weighted by Crippen LogP contribution is -2.18. The summed E-state index contributed by atoms with van der Waals surface area (Å²) in [4.78, 5) is 37.4. The Morgan fingerprint density at radius 1 is 0.786 bits per heavy atom. The van der Waals surface area contributed by atoms with Crippen LogP contribution in [0, 0.1) is 23.4 Å². The highest BCUT2D eigenvalue weighted by molar-refractivity contribution is 6.54. The minimum Gasteiger partial charge on any atom is -0.326 e. The van der Waals surface area contributed by atoms with Crippen molar-refractivity contribution in [3.05, 3.63) is 96.2 Å². The van der Waals surface area contributed by atoms with Crippen LogP contribution in [0.2, 0.25) is 20.1 Å². The maximum atomic E-state index is 14.7. The van der Waals surface area contributed by atoms with E-state index in [0.29, 0.717) is 11.6 Å². The Labute approximate surface area is 265 Å². The average molecular weight is 708 g/mol. The molecule has 2 atom stereocenters. The molecule has 1 fully saturated rings. The third-order valence-corrected chi connectivity index (χ3v) is 8.99. The standard InChI is InChI=1S/C27H14Cl6F5NO3/c28-14-2-11(3-15(29)24(14)31)21-22(27(21,32)33)26(42)39-12-6-13(23(30)18(36)7-12)19(40)4-9-1-10(5-20(41)25(37)38)17(35)8-16(9)34/h1-3,6-8,21-22,25H,4-5H2,(H,39,42)/t21-,22+/m0/s1. The molecule has 15 heteroatoms. The number of ketones is 2. The van der Waals surface area contributed by atoms with Gasteiger partial charge in [-0.25, -0.2) is 22.0 Å². The van der Waals surface area contributed by atoms with Crippen molar-refractivity contribution in [1.82, 2.24) is 0 Å². The van der Waals surface area contributed by atoms with Crippen LogP contribution in [0.1, 0.15) is 33.0 Å². The quantitative estimate of drug-likeness (QED) is 0.105. The van der Waals surface area contributed by atoms with Gasteiger partial charge in [0.15, 0.2) is 5.78 Å². The highest BCUT2D eigenvalue weighted by atomic mass is 35.5. The number of amides is 1. The Bertz CT molecular complexity index is 1610. The molecule has 0 bridgehead atoms. The molecule has 1 N–H and O–H groups in total. The van der Waals surface area contributed by atoms with Crippen LogP contribution in [0.15, 0.2) is 36.4 Å². The van der Waals surface area contributed by atoms with Crippen molar-refractivity contribution in [2.45, 2.75) is 29.5 Å². The summed E-state index contributed by atoms with van der Waals surface area (Å²) in [7, 11) is 0. The molecule has 42 heavy (non-hydrogen) atoms. The number of hydrogen-bond acceptors (Lipinski definition) is 3. The molecule has 4 nitrogen and oxygen atoms in total. The van der Waals surface area contributed by atoms with Gasteiger partial charge in [-0.3, -0.25) is 14.4 Å². The predicted molar refractivity (Wildman–Crippen MR) is 151 cm³/mol. The summed E-state index contributed by atoms with van der Waals surface area (Å²) in [6, 6.07) is 5.81. The lowest BCUT2D eigenvalue weighted by molar-refractivity contribution is -0.128. The Morgan fingerprint density at radius 3 is 1.93 bits per heavy atom. The molecule has 1 aliphatic carbocycles. The van der Waals surface area contributed by atoms with E-state index in [4.69, 9.17) is 69.6 Å². The number of alkyl halides is 4. The van der Waals surface area contributed by atoms with Gasteiger partial charge in [0.1, 0.15) is 21.8 Å². The number of carbonyl (C=O) groups excluding carboxylic acids is 3. The van der Waals surface area contributed by atoms with Gasteiger partial charge in [0, 0.05) is 36.1 Å². The molecule has 0 saturated heterocycles. The van der Waals surface area contributed by atoms with E-state index in [1.165, 1.54) is 12.1 Å². The molecular weight excluding hydrogens is 694 g/mol. The molecule has 1 aliphatic rings. The molecule has 0 spiro atoms. The van der Waals surface area contributed by atoms with Gasteiger partial charge in [-0.15, -0.1) is 23.2 Å². The Balaban J connectivity index is 1.56. The smallest absolute Gasteiger partial charge is 0.296 e. The SMILES string of the molecule is O=C(Cc1cc(CC(=O)C(F)F)c(F)cc1F)c1cc(NC(=O)[C@H]2[C@H](c3cc(Cl)c(Cl)c(Cl)c3)C2(Cl)Cl)cc(F)c1Cl. The van der Waals surface area contributed by atoms with E-state index in [0.717, 1.165) is 18.2 Å². The number of halogens is 11. The van der Waals surface area contributed by atoms with Crippen LogP contribution < -0.4 is 5.32 Å². The average Bonchev–Trinajstić information content (AvgIpc) is 3.48. The number of hydrogen-bond donors (Lipinski definition) is 1. The van der Waals surface area contributed by atoms with Crippen LogP contribution in [0.25, 0.3) is 0 Å². The molecular formula is C27H14Cl6F5NO3. The minimum atomic E-state index is -3.38. The lowest BCUT2D eigenvalue weighted by Gasteiger charge is -2.12. The molecule has 0 aliphatic heterocycles. The van der Waals surface area contributed by atoms with Gasteiger partial charge in [0.05, 0.1) is 26.0 Å². The Morgan fingerprint density at radius 2 is 1.36 bits per heavy atom. The number of nitrogens with one attached hydrogen (secondary N) is 1. The van der Waals surface area contributed by atoms with E-state index in [1.54, 1.807) is 0 Å². The Kier molecular flexibility index (Phi) is 9.72. The van der Waals surface area contributed by atoms with Gasteiger partial charge in [-0.05, 0) is 47.0 Å². The van der Waals surface area contributed by atoms with E-state index >= 15 is 0 Å². The van der Waals surface area contributed by atoms with Crippen molar-refractivity contribution >= 4 is 92.8 Å². The van der Waals surface area contributed by atoms with E-state index in [9.17, 15) is 36.3 Å². The van der Waals surface area contributed by atoms with Crippen LogP contribution >= 0.6 is 69.6 Å². The van der Waals surface area contributed by atoms with Gasteiger partial charge < -0.3 is 5.32 Å². The first kappa shape index (κ1) is 32.8. The van der Waals surface area contributed by atoms with Gasteiger partial charge in [-0.1, -0.05) is 46.4 Å². The van der Waals surface area contributed by atoms with Gasteiger partial charge >= 0.3 is 0 Å². The summed E-state index contributed by atoms with van der Waals surface area (Å²) in [5.74, 6) is -8.76. The van der Waals surface area contributed by atoms with Crippen molar-refractivity contribution in [3.63, 3.8) is 0 Å². The molecule has 1 saturated carbocycles. The fourth-order valence-electron chi connectivity index (χ4n) is 4.36. The van der Waals surface area contributed by atoms with Crippen LogP contribution in [0.4, 0.5) is 27.6 Å². The maximum Gasteiger partial charge on any atom is 0.296 e. The highest BCUT2D eigenvalue weighted by Gasteiger charge is 2.67. The van der Waals surface area contributed by atoms with Crippen LogP contribution in [-0.2, 0) is 22.4 Å². The third kappa shape index (κ3) is 6.66. The zero-order valence-electron chi connectivity index (χ0n) is 20.5. The summed E-state index contributed by atoms with van der Waals surface area (Å²) in [6.07, 6.45) is -5.23. The van der Waals surface area contributed by atoms with Crippen LogP contribution in [0.5, 0.6) is 0 Å². The van der Waals surface area contributed by atoms with E-state index in [1.807, 2.05) is 0 Å². The summed E-state index contributed by atoms with van der Waals surface area (Å²) in [5.41, 5.74) is -1.31. The zero-order chi connectivity index (χ0) is 31.3. The number of carbonyl (C=O) groups is 3. The molecule has 0 radical (unpaired) electrons. The third-order valence-electron chi connectivity index (χ3n) is 6.47. The van der Waals surface area contributed by atoms with Crippen LogP contribution in [0.3, 0.4) is 0 Å². The second-order valence-electron chi connectivity index (χ2n) is 9.32. The first-order valence-corrected chi connectivity index (χ1v) is 13.9. The van der Waals surface area contributed by atoms with Gasteiger partial charge in [0.25, 0.3) is 6.43 Å². The van der Waals surface area contributed by atoms with Crippen molar-refractivity contribution in [1.29, 1.82) is 0 Å². The summed E-state index contributed by atoms with van der Waals surface area (Å²) >= 11 is 36.7. The van der Waals surface area contributed by atoms with Gasteiger partial charge in [0.2, 0.25) is 11.7 Å². The van der Waals surface area contributed by atoms with E-state index in [-0.39, 0.29) is 20.8 Å². The predicted octanol–water partition coefficient (Wildman–Crippen LogP) is 9.05. The molecule has 0 heterocycles. The number of anilines is 1. The largest absolute Gasteiger partial charge is 0.326 e. The van der Waals surface area contributed by atoms with Crippen molar-refractivity contribution in [2.75, 3.05) is 5.32 Å². The lowest BCUT2D eigenvalue weighted by atomic mass is 9.98. The highest BCUT2D eigenvalue weighted by Crippen LogP contribution is 2.65. The molecule has 1 amide bonds.